The Balaban J connectivity index is 2.74. The number of ether oxygens (including phenoxy) is 1. The minimum absolute atomic E-state index is 0.0277. The van der Waals surface area contributed by atoms with Crippen molar-refractivity contribution < 1.29 is 14.6 Å². The lowest BCUT2D eigenvalue weighted by Crippen LogP contribution is -2.48. The number of para-hydroxylation sites is 2. The zero-order valence-electron chi connectivity index (χ0n) is 11.9. The molecule has 1 aromatic carbocycles. The maximum atomic E-state index is 11.8. The first-order chi connectivity index (χ1) is 8.84. The molecule has 0 radical (unpaired) electrons. The van der Waals surface area contributed by atoms with E-state index >= 15 is 0 Å². The Labute approximate surface area is 114 Å². The van der Waals surface area contributed by atoms with Gasteiger partial charge >= 0.3 is 6.03 Å². The zero-order valence-corrected chi connectivity index (χ0v) is 11.9. The smallest absolute Gasteiger partial charge is 0.319 e. The summed E-state index contributed by atoms with van der Waals surface area (Å²) in [6, 6.07) is 6.85. The number of hydrogen-bond acceptors (Lipinski definition) is 3. The van der Waals surface area contributed by atoms with Gasteiger partial charge in [-0.15, -0.1) is 0 Å². The Kier molecular flexibility index (Phi) is 5.18. The Morgan fingerprint density at radius 2 is 2.00 bits per heavy atom. The Hall–Kier alpha value is -1.75. The minimum Gasteiger partial charge on any atom is -0.489 e. The second-order valence-corrected chi connectivity index (χ2v) is 5.28. The van der Waals surface area contributed by atoms with Crippen LogP contribution in [0.4, 0.5) is 10.5 Å². The fourth-order valence-corrected chi connectivity index (χ4v) is 1.43. The molecule has 0 unspecified atom stereocenters. The van der Waals surface area contributed by atoms with Crippen LogP contribution in [0, 0.1) is 0 Å². The van der Waals surface area contributed by atoms with E-state index in [2.05, 4.69) is 10.6 Å². The number of nitrogens with one attached hydrogen (secondary N) is 2. The summed E-state index contributed by atoms with van der Waals surface area (Å²) in [4.78, 5) is 11.8. The van der Waals surface area contributed by atoms with E-state index in [1.165, 1.54) is 0 Å². The predicted octanol–water partition coefficient (Wildman–Crippen LogP) is 2.37. The summed E-state index contributed by atoms with van der Waals surface area (Å²) >= 11 is 0. The van der Waals surface area contributed by atoms with Crippen molar-refractivity contribution in [3.63, 3.8) is 0 Å². The average Bonchev–Trinajstić information content (AvgIpc) is 2.30. The second-order valence-electron chi connectivity index (χ2n) is 5.28. The highest BCUT2D eigenvalue weighted by Gasteiger charge is 2.19. The summed E-state index contributed by atoms with van der Waals surface area (Å²) in [7, 11) is 0. The van der Waals surface area contributed by atoms with Gasteiger partial charge in [-0.25, -0.2) is 4.79 Å². The molecule has 0 aliphatic rings. The van der Waals surface area contributed by atoms with Crippen molar-refractivity contribution in [2.24, 2.45) is 0 Å². The van der Waals surface area contributed by atoms with E-state index in [1.807, 2.05) is 26.0 Å². The summed E-state index contributed by atoms with van der Waals surface area (Å²) < 4.78 is 5.61. The van der Waals surface area contributed by atoms with E-state index < -0.39 is 5.54 Å². The first-order valence-electron chi connectivity index (χ1n) is 6.30. The van der Waals surface area contributed by atoms with E-state index in [4.69, 9.17) is 9.84 Å². The Morgan fingerprint density at radius 1 is 1.37 bits per heavy atom. The maximum Gasteiger partial charge on any atom is 0.319 e. The van der Waals surface area contributed by atoms with Crippen molar-refractivity contribution in [2.75, 3.05) is 11.9 Å². The van der Waals surface area contributed by atoms with E-state index in [0.717, 1.165) is 0 Å². The van der Waals surface area contributed by atoms with Crippen LogP contribution < -0.4 is 15.4 Å². The van der Waals surface area contributed by atoms with E-state index in [-0.39, 0.29) is 18.7 Å². The summed E-state index contributed by atoms with van der Waals surface area (Å²) in [5.41, 5.74) is -0.0692. The molecule has 0 atom stereocenters. The van der Waals surface area contributed by atoms with Gasteiger partial charge in [0.2, 0.25) is 0 Å². The van der Waals surface area contributed by atoms with Crippen molar-refractivity contribution in [3.8, 4) is 5.75 Å². The van der Waals surface area contributed by atoms with Crippen LogP contribution in [0.1, 0.15) is 27.7 Å². The van der Waals surface area contributed by atoms with Crippen LogP contribution in [0.3, 0.4) is 0 Å². The summed E-state index contributed by atoms with van der Waals surface area (Å²) in [6.07, 6.45) is 0.0277. The van der Waals surface area contributed by atoms with Crippen LogP contribution in [0.15, 0.2) is 24.3 Å². The average molecular weight is 266 g/mol. The van der Waals surface area contributed by atoms with Gasteiger partial charge in [-0.05, 0) is 39.8 Å². The first-order valence-corrected chi connectivity index (χ1v) is 6.30. The molecule has 1 rings (SSSR count). The van der Waals surface area contributed by atoms with Gasteiger partial charge in [-0.3, -0.25) is 0 Å². The number of carbonyl (C=O) groups excluding carboxylic acids is 1. The number of rotatable bonds is 5. The zero-order chi connectivity index (χ0) is 14.5. The topological polar surface area (TPSA) is 70.6 Å². The minimum atomic E-state index is -0.669. The fraction of sp³-hybridized carbons (Fsp3) is 0.500. The molecule has 0 saturated heterocycles. The van der Waals surface area contributed by atoms with E-state index in [1.54, 1.807) is 26.0 Å². The first kappa shape index (κ1) is 15.3. The largest absolute Gasteiger partial charge is 0.489 e. The Bertz CT molecular complexity index is 430. The maximum absolute atomic E-state index is 11.8. The van der Waals surface area contributed by atoms with Gasteiger partial charge in [0.15, 0.2) is 0 Å². The standard InChI is InChI=1S/C14H22N2O3/c1-10(2)19-12-8-6-5-7-11(12)15-13(18)16-14(3,4)9-17/h5-8,10,17H,9H2,1-4H3,(H2,15,16,18). The van der Waals surface area contributed by atoms with Crippen molar-refractivity contribution in [1.82, 2.24) is 5.32 Å². The van der Waals surface area contributed by atoms with Gasteiger partial charge in [0.25, 0.3) is 0 Å². The molecule has 106 valence electrons. The van der Waals surface area contributed by atoms with Crippen LogP contribution in [0.5, 0.6) is 5.75 Å². The van der Waals surface area contributed by atoms with E-state index in [9.17, 15) is 4.79 Å². The summed E-state index contributed by atoms with van der Waals surface area (Å²) in [5, 5.41) is 14.5. The number of hydrogen-bond donors (Lipinski definition) is 3. The summed E-state index contributed by atoms with van der Waals surface area (Å²) in [6.45, 7) is 7.19. The van der Waals surface area contributed by atoms with Crippen LogP contribution in [-0.4, -0.2) is 29.4 Å². The molecule has 0 bridgehead atoms. The highest BCUT2D eigenvalue weighted by molar-refractivity contribution is 5.91. The highest BCUT2D eigenvalue weighted by Crippen LogP contribution is 2.24. The molecule has 19 heavy (non-hydrogen) atoms. The Morgan fingerprint density at radius 3 is 2.58 bits per heavy atom. The van der Waals surface area contributed by atoms with E-state index in [0.29, 0.717) is 11.4 Å². The lowest BCUT2D eigenvalue weighted by molar-refractivity contribution is 0.187. The van der Waals surface area contributed by atoms with Crippen molar-refractivity contribution in [2.45, 2.75) is 39.3 Å². The van der Waals surface area contributed by atoms with Gasteiger partial charge in [-0.1, -0.05) is 12.1 Å². The molecule has 0 aliphatic heterocycles. The van der Waals surface area contributed by atoms with Gasteiger partial charge in [0.1, 0.15) is 5.75 Å². The lowest BCUT2D eigenvalue weighted by Gasteiger charge is -2.24. The molecule has 0 saturated carbocycles. The van der Waals surface area contributed by atoms with Gasteiger partial charge < -0.3 is 20.5 Å². The van der Waals surface area contributed by atoms with Crippen molar-refractivity contribution in [3.05, 3.63) is 24.3 Å². The second kappa shape index (κ2) is 6.43. The number of urea groups is 1. The van der Waals surface area contributed by atoms with Crippen molar-refractivity contribution >= 4 is 11.7 Å². The van der Waals surface area contributed by atoms with Crippen LogP contribution in [-0.2, 0) is 0 Å². The highest BCUT2D eigenvalue weighted by atomic mass is 16.5. The number of aliphatic hydroxyl groups is 1. The normalized spacial score (nSPS) is 11.3. The molecular formula is C14H22N2O3. The molecule has 2 amide bonds. The third-order valence-electron chi connectivity index (χ3n) is 2.35. The lowest BCUT2D eigenvalue weighted by atomic mass is 10.1. The third-order valence-corrected chi connectivity index (χ3v) is 2.35. The molecule has 5 heteroatoms. The molecule has 0 heterocycles. The number of carbonyl (C=O) groups is 1. The van der Waals surface area contributed by atoms with Gasteiger partial charge in [0.05, 0.1) is 23.9 Å². The number of amides is 2. The number of benzene rings is 1. The monoisotopic (exact) mass is 266 g/mol. The predicted molar refractivity (Wildman–Crippen MR) is 75.5 cm³/mol. The number of anilines is 1. The summed E-state index contributed by atoms with van der Waals surface area (Å²) in [5.74, 6) is 0.620. The SMILES string of the molecule is CC(C)Oc1ccccc1NC(=O)NC(C)(C)CO. The molecule has 0 aliphatic carbocycles. The molecule has 0 spiro atoms. The molecule has 1 aromatic rings. The molecule has 0 aromatic heterocycles. The quantitative estimate of drug-likeness (QED) is 0.766. The number of aliphatic hydroxyl groups excluding tert-OH is 1. The van der Waals surface area contributed by atoms with Crippen molar-refractivity contribution in [1.29, 1.82) is 0 Å². The third kappa shape index (κ3) is 5.18. The van der Waals surface area contributed by atoms with Crippen LogP contribution in [0.25, 0.3) is 0 Å². The van der Waals surface area contributed by atoms with Crippen LogP contribution >= 0.6 is 0 Å². The van der Waals surface area contributed by atoms with Gasteiger partial charge in [-0.2, -0.15) is 0 Å². The fourth-order valence-electron chi connectivity index (χ4n) is 1.43. The molecule has 0 fully saturated rings. The van der Waals surface area contributed by atoms with Crippen LogP contribution in [0.2, 0.25) is 0 Å². The molecule has 3 N–H and O–H groups in total. The van der Waals surface area contributed by atoms with Gasteiger partial charge in [0, 0.05) is 0 Å². The molecule has 5 nitrogen and oxygen atoms in total. The molecular weight excluding hydrogens is 244 g/mol.